The summed E-state index contributed by atoms with van der Waals surface area (Å²) in [5, 5.41) is 5.77. The van der Waals surface area contributed by atoms with E-state index in [0.717, 1.165) is 24.6 Å². The summed E-state index contributed by atoms with van der Waals surface area (Å²) in [4.78, 5) is 6.77. The molecule has 90 valence electrons. The van der Waals surface area contributed by atoms with Crippen molar-refractivity contribution in [2.75, 3.05) is 25.5 Å². The van der Waals surface area contributed by atoms with Crippen molar-refractivity contribution < 1.29 is 0 Å². The van der Waals surface area contributed by atoms with E-state index >= 15 is 0 Å². The Bertz CT molecular complexity index is 506. The molecule has 0 saturated heterocycles. The SMILES string of the molecule is CCNCc1cc2ccccc2c(N(C)C)n1. The third-order valence-electron chi connectivity index (χ3n) is 2.75. The van der Waals surface area contributed by atoms with Gasteiger partial charge in [-0.2, -0.15) is 0 Å². The van der Waals surface area contributed by atoms with Crippen molar-refractivity contribution in [2.24, 2.45) is 0 Å². The molecule has 0 atom stereocenters. The monoisotopic (exact) mass is 229 g/mol. The van der Waals surface area contributed by atoms with Crippen molar-refractivity contribution in [1.82, 2.24) is 10.3 Å². The number of hydrogen-bond acceptors (Lipinski definition) is 3. The summed E-state index contributed by atoms with van der Waals surface area (Å²) in [6.07, 6.45) is 0. The van der Waals surface area contributed by atoms with Crippen LogP contribution in [0.1, 0.15) is 12.6 Å². The maximum absolute atomic E-state index is 4.70. The molecule has 2 aromatic rings. The van der Waals surface area contributed by atoms with Crippen LogP contribution >= 0.6 is 0 Å². The molecular formula is C14H19N3. The zero-order chi connectivity index (χ0) is 12.3. The van der Waals surface area contributed by atoms with Crippen molar-refractivity contribution in [1.29, 1.82) is 0 Å². The topological polar surface area (TPSA) is 28.2 Å². The number of nitrogens with zero attached hydrogens (tertiary/aromatic N) is 2. The van der Waals surface area contributed by atoms with E-state index in [1.165, 1.54) is 10.8 Å². The highest BCUT2D eigenvalue weighted by atomic mass is 15.1. The van der Waals surface area contributed by atoms with Crippen LogP contribution in [0.25, 0.3) is 10.8 Å². The van der Waals surface area contributed by atoms with Crippen LogP contribution in [0.15, 0.2) is 30.3 Å². The first-order chi connectivity index (χ1) is 8.22. The summed E-state index contributed by atoms with van der Waals surface area (Å²) in [6, 6.07) is 10.5. The largest absolute Gasteiger partial charge is 0.362 e. The van der Waals surface area contributed by atoms with E-state index in [1.807, 2.05) is 14.1 Å². The van der Waals surface area contributed by atoms with Gasteiger partial charge in [0.25, 0.3) is 0 Å². The van der Waals surface area contributed by atoms with Crippen molar-refractivity contribution in [3.8, 4) is 0 Å². The highest BCUT2D eigenvalue weighted by molar-refractivity contribution is 5.92. The molecule has 0 unspecified atom stereocenters. The molecule has 1 heterocycles. The molecule has 1 aromatic heterocycles. The number of fused-ring (bicyclic) bond motifs is 1. The van der Waals surface area contributed by atoms with Crippen molar-refractivity contribution in [3.05, 3.63) is 36.0 Å². The second kappa shape index (κ2) is 5.15. The molecule has 0 radical (unpaired) electrons. The highest BCUT2D eigenvalue weighted by Gasteiger charge is 2.06. The van der Waals surface area contributed by atoms with Gasteiger partial charge in [0.05, 0.1) is 5.69 Å². The van der Waals surface area contributed by atoms with E-state index in [-0.39, 0.29) is 0 Å². The van der Waals surface area contributed by atoms with Crippen LogP contribution in [-0.2, 0) is 6.54 Å². The second-order valence-electron chi connectivity index (χ2n) is 4.33. The normalized spacial score (nSPS) is 10.8. The maximum atomic E-state index is 4.70. The molecule has 1 N–H and O–H groups in total. The van der Waals surface area contributed by atoms with Gasteiger partial charge in [0.2, 0.25) is 0 Å². The molecule has 0 saturated carbocycles. The minimum atomic E-state index is 0.822. The van der Waals surface area contributed by atoms with E-state index in [1.54, 1.807) is 0 Å². The minimum absolute atomic E-state index is 0.822. The zero-order valence-corrected chi connectivity index (χ0v) is 10.7. The Morgan fingerprint density at radius 3 is 2.71 bits per heavy atom. The number of hydrogen-bond donors (Lipinski definition) is 1. The van der Waals surface area contributed by atoms with Gasteiger partial charge in [-0.15, -0.1) is 0 Å². The lowest BCUT2D eigenvalue weighted by Gasteiger charge is -2.16. The lowest BCUT2D eigenvalue weighted by Crippen LogP contribution is -2.16. The smallest absolute Gasteiger partial charge is 0.136 e. The first-order valence-electron chi connectivity index (χ1n) is 5.99. The van der Waals surface area contributed by atoms with Gasteiger partial charge in [0, 0.05) is 26.0 Å². The number of nitrogens with one attached hydrogen (secondary N) is 1. The average molecular weight is 229 g/mol. The van der Waals surface area contributed by atoms with Crippen LogP contribution in [0.3, 0.4) is 0 Å². The Morgan fingerprint density at radius 1 is 1.24 bits per heavy atom. The highest BCUT2D eigenvalue weighted by Crippen LogP contribution is 2.24. The Hall–Kier alpha value is -1.61. The molecule has 0 bridgehead atoms. The Balaban J connectivity index is 2.51. The number of anilines is 1. The van der Waals surface area contributed by atoms with E-state index in [4.69, 9.17) is 4.98 Å². The van der Waals surface area contributed by atoms with Crippen LogP contribution in [0.2, 0.25) is 0 Å². The van der Waals surface area contributed by atoms with Gasteiger partial charge in [0.15, 0.2) is 0 Å². The van der Waals surface area contributed by atoms with Gasteiger partial charge < -0.3 is 10.2 Å². The molecule has 0 fully saturated rings. The lowest BCUT2D eigenvalue weighted by atomic mass is 10.1. The number of benzene rings is 1. The number of pyridine rings is 1. The predicted octanol–water partition coefficient (Wildman–Crippen LogP) is 2.41. The number of rotatable bonds is 4. The Kier molecular flexibility index (Phi) is 3.59. The van der Waals surface area contributed by atoms with Gasteiger partial charge >= 0.3 is 0 Å². The third-order valence-corrected chi connectivity index (χ3v) is 2.75. The van der Waals surface area contributed by atoms with Crippen molar-refractivity contribution >= 4 is 16.6 Å². The third kappa shape index (κ3) is 2.56. The molecule has 0 aliphatic carbocycles. The van der Waals surface area contributed by atoms with Crippen LogP contribution in [-0.4, -0.2) is 25.6 Å². The summed E-state index contributed by atoms with van der Waals surface area (Å²) in [5.74, 6) is 1.04. The van der Waals surface area contributed by atoms with E-state index in [2.05, 4.69) is 47.5 Å². The van der Waals surface area contributed by atoms with Gasteiger partial charge in [0.1, 0.15) is 5.82 Å². The molecular weight excluding hydrogens is 210 g/mol. The molecule has 0 aliphatic rings. The molecule has 3 heteroatoms. The summed E-state index contributed by atoms with van der Waals surface area (Å²) in [7, 11) is 4.07. The summed E-state index contributed by atoms with van der Waals surface area (Å²) >= 11 is 0. The zero-order valence-electron chi connectivity index (χ0n) is 10.7. The van der Waals surface area contributed by atoms with Crippen molar-refractivity contribution in [2.45, 2.75) is 13.5 Å². The first-order valence-corrected chi connectivity index (χ1v) is 5.99. The standard InChI is InChI=1S/C14H19N3/c1-4-15-10-12-9-11-7-5-6-8-13(11)14(16-12)17(2)3/h5-9,15H,4,10H2,1-3H3. The quantitative estimate of drug-likeness (QED) is 0.872. The molecule has 0 aliphatic heterocycles. The maximum Gasteiger partial charge on any atom is 0.136 e. The molecule has 2 rings (SSSR count). The predicted molar refractivity (Wildman–Crippen MR) is 73.5 cm³/mol. The number of aromatic nitrogens is 1. The van der Waals surface area contributed by atoms with Gasteiger partial charge in [-0.1, -0.05) is 31.2 Å². The van der Waals surface area contributed by atoms with Crippen molar-refractivity contribution in [3.63, 3.8) is 0 Å². The fraction of sp³-hybridized carbons (Fsp3) is 0.357. The second-order valence-corrected chi connectivity index (χ2v) is 4.33. The van der Waals surface area contributed by atoms with Crippen LogP contribution < -0.4 is 10.2 Å². The molecule has 1 aromatic carbocycles. The average Bonchev–Trinajstić information content (AvgIpc) is 2.35. The van der Waals surface area contributed by atoms with Crippen LogP contribution in [0, 0.1) is 0 Å². The van der Waals surface area contributed by atoms with E-state index in [9.17, 15) is 0 Å². The minimum Gasteiger partial charge on any atom is -0.362 e. The summed E-state index contributed by atoms with van der Waals surface area (Å²) in [6.45, 7) is 3.89. The van der Waals surface area contributed by atoms with Crippen LogP contribution in [0.4, 0.5) is 5.82 Å². The van der Waals surface area contributed by atoms with Gasteiger partial charge in [-0.25, -0.2) is 4.98 Å². The molecule has 17 heavy (non-hydrogen) atoms. The van der Waals surface area contributed by atoms with Crippen LogP contribution in [0.5, 0.6) is 0 Å². The summed E-state index contributed by atoms with van der Waals surface area (Å²) < 4.78 is 0. The Morgan fingerprint density at radius 2 is 2.00 bits per heavy atom. The summed E-state index contributed by atoms with van der Waals surface area (Å²) in [5.41, 5.74) is 1.09. The first kappa shape index (κ1) is 11.9. The molecule has 3 nitrogen and oxygen atoms in total. The fourth-order valence-electron chi connectivity index (χ4n) is 1.92. The molecule has 0 amide bonds. The van der Waals surface area contributed by atoms with Gasteiger partial charge in [-0.05, 0) is 18.0 Å². The molecule has 0 spiro atoms. The van der Waals surface area contributed by atoms with Gasteiger partial charge in [-0.3, -0.25) is 0 Å². The Labute approximate surface area is 102 Å². The van der Waals surface area contributed by atoms with E-state index in [0.29, 0.717) is 0 Å². The fourth-order valence-corrected chi connectivity index (χ4v) is 1.92. The lowest BCUT2D eigenvalue weighted by molar-refractivity contribution is 0.711. The van der Waals surface area contributed by atoms with E-state index < -0.39 is 0 Å².